The molecule has 2 aromatic rings. The van der Waals surface area contributed by atoms with Crippen LogP contribution in [0.2, 0.25) is 0 Å². The van der Waals surface area contributed by atoms with Crippen LogP contribution in [-0.4, -0.2) is 24.8 Å². The molecule has 3 rings (SSSR count). The molecule has 0 spiro atoms. The Morgan fingerprint density at radius 2 is 1.24 bits per heavy atom. The Hall–Kier alpha value is -2.62. The van der Waals surface area contributed by atoms with Crippen molar-refractivity contribution in [3.63, 3.8) is 0 Å². The van der Waals surface area contributed by atoms with Crippen molar-refractivity contribution in [2.75, 3.05) is 13.2 Å². The number of Topliss-reactive ketones (excluding diaryl/α,β-unsaturated/α-hetero) is 2. The summed E-state index contributed by atoms with van der Waals surface area (Å²) < 4.78 is 12.0. The number of benzene rings is 2. The molecule has 2 aromatic carbocycles. The highest BCUT2D eigenvalue weighted by molar-refractivity contribution is 6.01. The lowest BCUT2D eigenvalue weighted by molar-refractivity contribution is 0.103. The first-order valence-corrected chi connectivity index (χ1v) is 8.03. The highest BCUT2D eigenvalue weighted by Crippen LogP contribution is 2.40. The molecule has 0 aromatic heterocycles. The van der Waals surface area contributed by atoms with E-state index in [9.17, 15) is 9.59 Å². The predicted molar refractivity (Wildman–Crippen MR) is 96.0 cm³/mol. The number of hydrogen-bond acceptors (Lipinski definition) is 4. The van der Waals surface area contributed by atoms with E-state index >= 15 is 0 Å². The summed E-state index contributed by atoms with van der Waals surface area (Å²) in [5.74, 6) is 0.672. The fourth-order valence-electron chi connectivity index (χ4n) is 2.66. The first kappa shape index (κ1) is 17.2. The lowest BCUT2D eigenvalue weighted by atomic mass is 9.96. The number of ether oxygens (including phenoxy) is 2. The van der Waals surface area contributed by atoms with Gasteiger partial charge in [-0.3, -0.25) is 9.59 Å². The number of hydrogen-bond donors (Lipinski definition) is 0. The largest absolute Gasteiger partial charge is 0.492 e. The normalized spacial score (nSPS) is 15.4. The Morgan fingerprint density at radius 1 is 0.840 bits per heavy atom. The van der Waals surface area contributed by atoms with Crippen LogP contribution < -0.4 is 9.47 Å². The monoisotopic (exact) mass is 336 g/mol. The van der Waals surface area contributed by atoms with Gasteiger partial charge in [0.2, 0.25) is 0 Å². The third-order valence-electron chi connectivity index (χ3n) is 4.13. The molecular formula is C21H20O4. The number of carbonyl (C=O) groups excluding carboxylic acids is 2. The molecule has 0 amide bonds. The molecule has 128 valence electrons. The third kappa shape index (κ3) is 3.58. The van der Waals surface area contributed by atoms with Crippen LogP contribution in [-0.2, 0) is 0 Å². The second-order valence-corrected chi connectivity index (χ2v) is 7.01. The van der Waals surface area contributed by atoms with Gasteiger partial charge in [-0.05, 0) is 24.3 Å². The van der Waals surface area contributed by atoms with Crippen LogP contribution in [0.1, 0.15) is 34.6 Å². The van der Waals surface area contributed by atoms with Crippen LogP contribution in [0.25, 0.3) is 11.1 Å². The Bertz CT molecular complexity index is 779. The van der Waals surface area contributed by atoms with E-state index in [1.54, 1.807) is 24.3 Å². The number of rotatable bonds is 2. The summed E-state index contributed by atoms with van der Waals surface area (Å²) in [6.07, 6.45) is 0. The van der Waals surface area contributed by atoms with Crippen LogP contribution >= 0.6 is 0 Å². The van der Waals surface area contributed by atoms with Crippen molar-refractivity contribution in [3.05, 3.63) is 61.4 Å². The van der Waals surface area contributed by atoms with Gasteiger partial charge in [0.15, 0.2) is 11.6 Å². The quantitative estimate of drug-likeness (QED) is 0.772. The first-order valence-electron chi connectivity index (χ1n) is 8.03. The van der Waals surface area contributed by atoms with E-state index in [1.165, 1.54) is 0 Å². The summed E-state index contributed by atoms with van der Waals surface area (Å²) in [6.45, 7) is 11.9. The van der Waals surface area contributed by atoms with Crippen LogP contribution in [0, 0.1) is 19.3 Å². The predicted octanol–water partition coefficient (Wildman–Crippen LogP) is 4.18. The van der Waals surface area contributed by atoms with E-state index in [-0.39, 0.29) is 17.0 Å². The summed E-state index contributed by atoms with van der Waals surface area (Å²) in [6, 6.07) is 10.5. The maximum atomic E-state index is 11.6. The van der Waals surface area contributed by atoms with Crippen molar-refractivity contribution >= 4 is 11.6 Å². The Labute approximate surface area is 147 Å². The second-order valence-electron chi connectivity index (χ2n) is 7.01. The molecular weight excluding hydrogens is 316 g/mol. The summed E-state index contributed by atoms with van der Waals surface area (Å²) in [5, 5.41) is 0. The minimum Gasteiger partial charge on any atom is -0.492 e. The van der Waals surface area contributed by atoms with Gasteiger partial charge in [-0.1, -0.05) is 26.0 Å². The summed E-state index contributed by atoms with van der Waals surface area (Å²) in [4.78, 5) is 23.2. The maximum Gasteiger partial charge on any atom is 0.163 e. The van der Waals surface area contributed by atoms with Crippen LogP contribution in [0.5, 0.6) is 11.5 Å². The molecule has 2 radical (unpaired) electrons. The van der Waals surface area contributed by atoms with Gasteiger partial charge in [-0.15, -0.1) is 0 Å². The molecule has 1 aliphatic heterocycles. The average molecular weight is 336 g/mol. The van der Waals surface area contributed by atoms with Crippen molar-refractivity contribution in [3.8, 4) is 22.6 Å². The number of ketones is 2. The minimum absolute atomic E-state index is 0.242. The van der Waals surface area contributed by atoms with E-state index < -0.39 is 0 Å². The molecule has 25 heavy (non-hydrogen) atoms. The van der Waals surface area contributed by atoms with E-state index in [1.807, 2.05) is 26.0 Å². The van der Waals surface area contributed by atoms with Gasteiger partial charge in [0, 0.05) is 41.5 Å². The van der Waals surface area contributed by atoms with Crippen molar-refractivity contribution in [1.82, 2.24) is 0 Å². The molecule has 1 aliphatic rings. The average Bonchev–Trinajstić information content (AvgIpc) is 2.62. The smallest absolute Gasteiger partial charge is 0.163 e. The van der Waals surface area contributed by atoms with Gasteiger partial charge < -0.3 is 9.47 Å². The maximum absolute atomic E-state index is 11.6. The van der Waals surface area contributed by atoms with Gasteiger partial charge in [-0.25, -0.2) is 0 Å². The van der Waals surface area contributed by atoms with E-state index in [0.717, 1.165) is 11.1 Å². The van der Waals surface area contributed by atoms with E-state index in [4.69, 9.17) is 9.47 Å². The van der Waals surface area contributed by atoms with E-state index in [2.05, 4.69) is 13.8 Å². The highest BCUT2D eigenvalue weighted by atomic mass is 16.5. The molecule has 0 N–H and O–H groups in total. The standard InChI is InChI=1S/C21H20O4/c1-13(22)15-5-7-17-18-8-6-16(14(2)23)10-20(18)25-12-21(3,4)11-24-19(17)9-15/h5-10H,1-2,11-12H2,3-4H3. The molecule has 0 aliphatic carbocycles. The number of carbonyl (C=O) groups is 2. The lowest BCUT2D eigenvalue weighted by Gasteiger charge is -2.24. The van der Waals surface area contributed by atoms with Crippen LogP contribution in [0.15, 0.2) is 36.4 Å². The van der Waals surface area contributed by atoms with Crippen LogP contribution in [0.4, 0.5) is 0 Å². The van der Waals surface area contributed by atoms with Gasteiger partial charge in [-0.2, -0.15) is 0 Å². The fraction of sp³-hybridized carbons (Fsp3) is 0.238. The Kier molecular flexibility index (Phi) is 4.38. The van der Waals surface area contributed by atoms with Gasteiger partial charge >= 0.3 is 0 Å². The molecule has 0 fully saturated rings. The topological polar surface area (TPSA) is 52.6 Å². The van der Waals surface area contributed by atoms with E-state index in [0.29, 0.717) is 35.8 Å². The second kappa shape index (κ2) is 6.36. The molecule has 0 bridgehead atoms. The summed E-state index contributed by atoms with van der Waals surface area (Å²) in [7, 11) is 0. The molecule has 0 atom stereocenters. The fourth-order valence-corrected chi connectivity index (χ4v) is 2.66. The van der Waals surface area contributed by atoms with Gasteiger partial charge in [0.25, 0.3) is 0 Å². The molecule has 0 saturated carbocycles. The van der Waals surface area contributed by atoms with Crippen molar-refractivity contribution in [1.29, 1.82) is 0 Å². The zero-order valence-corrected chi connectivity index (χ0v) is 14.4. The Morgan fingerprint density at radius 3 is 1.60 bits per heavy atom. The SMILES string of the molecule is [CH2]C(=O)c1ccc2c(c1)OCC(C)(C)COc1cc(C([CH2])=O)ccc1-2. The minimum atomic E-state index is -0.264. The van der Waals surface area contributed by atoms with Crippen molar-refractivity contribution < 1.29 is 19.1 Å². The molecule has 0 saturated heterocycles. The molecule has 4 nitrogen and oxygen atoms in total. The van der Waals surface area contributed by atoms with Gasteiger partial charge in [0.1, 0.15) is 11.5 Å². The third-order valence-corrected chi connectivity index (χ3v) is 4.13. The van der Waals surface area contributed by atoms with Crippen molar-refractivity contribution in [2.24, 2.45) is 5.41 Å². The Balaban J connectivity index is 2.20. The summed E-state index contributed by atoms with van der Waals surface area (Å²) >= 11 is 0. The zero-order valence-electron chi connectivity index (χ0n) is 14.4. The van der Waals surface area contributed by atoms with Crippen molar-refractivity contribution in [2.45, 2.75) is 13.8 Å². The summed E-state index contributed by atoms with van der Waals surface area (Å²) in [5.41, 5.74) is 2.35. The lowest BCUT2D eigenvalue weighted by Crippen LogP contribution is -2.28. The molecule has 1 heterocycles. The first-order chi connectivity index (χ1) is 11.8. The van der Waals surface area contributed by atoms with Gasteiger partial charge in [0.05, 0.1) is 13.2 Å². The molecule has 0 unspecified atom stereocenters. The zero-order chi connectivity index (χ0) is 18.2. The number of fused-ring (bicyclic) bond motifs is 3. The van der Waals surface area contributed by atoms with Crippen LogP contribution in [0.3, 0.4) is 0 Å². The highest BCUT2D eigenvalue weighted by Gasteiger charge is 2.25. The molecule has 4 heteroatoms.